The number of hydrogen-bond acceptors (Lipinski definition) is 4. The van der Waals surface area contributed by atoms with Crippen molar-refractivity contribution >= 4 is 29.1 Å². The van der Waals surface area contributed by atoms with E-state index in [4.69, 9.17) is 17.3 Å². The number of halogens is 1. The van der Waals surface area contributed by atoms with Crippen molar-refractivity contribution < 1.29 is 14.5 Å². The van der Waals surface area contributed by atoms with E-state index >= 15 is 0 Å². The first kappa shape index (κ1) is 14.9. The zero-order valence-electron chi connectivity index (χ0n) is 10.3. The quantitative estimate of drug-likeness (QED) is 0.639. The standard InChI is InChI=1S/C11H12ClN3O4/c1-11(2,10(13)17)14-9(16)7-4-3-6(15(18)19)5-8(7)12/h3-5H,1-2H3,(H2,13,17)(H,14,16). The Hall–Kier alpha value is -2.15. The molecule has 0 fully saturated rings. The molecule has 1 rings (SSSR count). The van der Waals surface area contributed by atoms with Crippen LogP contribution >= 0.6 is 11.6 Å². The van der Waals surface area contributed by atoms with Crippen LogP contribution in [0.1, 0.15) is 24.2 Å². The van der Waals surface area contributed by atoms with E-state index in [0.717, 1.165) is 12.1 Å². The highest BCUT2D eigenvalue weighted by molar-refractivity contribution is 6.34. The second-order valence-electron chi connectivity index (χ2n) is 4.36. The minimum absolute atomic E-state index is 0.0293. The van der Waals surface area contributed by atoms with Gasteiger partial charge >= 0.3 is 0 Å². The van der Waals surface area contributed by atoms with E-state index in [1.165, 1.54) is 19.9 Å². The molecule has 0 bridgehead atoms. The number of amides is 2. The monoisotopic (exact) mass is 285 g/mol. The minimum Gasteiger partial charge on any atom is -0.368 e. The number of nitrogens with one attached hydrogen (secondary N) is 1. The highest BCUT2D eigenvalue weighted by atomic mass is 35.5. The van der Waals surface area contributed by atoms with Crippen LogP contribution in [0.4, 0.5) is 5.69 Å². The van der Waals surface area contributed by atoms with E-state index in [1.807, 2.05) is 0 Å². The van der Waals surface area contributed by atoms with Crippen LogP contribution in [0.3, 0.4) is 0 Å². The van der Waals surface area contributed by atoms with Gasteiger partial charge in [-0.2, -0.15) is 0 Å². The average Bonchev–Trinajstić information content (AvgIpc) is 2.27. The molecule has 0 aromatic heterocycles. The number of primary amides is 1. The maximum absolute atomic E-state index is 11.9. The van der Waals surface area contributed by atoms with Crippen molar-refractivity contribution in [1.82, 2.24) is 5.32 Å². The number of nitro groups is 1. The Kier molecular flexibility index (Phi) is 4.10. The molecule has 0 heterocycles. The predicted octanol–water partition coefficient (Wildman–Crippen LogP) is 1.24. The number of non-ortho nitro benzene ring substituents is 1. The number of rotatable bonds is 4. The smallest absolute Gasteiger partial charge is 0.270 e. The van der Waals surface area contributed by atoms with Gasteiger partial charge in [-0.05, 0) is 19.9 Å². The Morgan fingerprint density at radius 3 is 2.42 bits per heavy atom. The lowest BCUT2D eigenvalue weighted by molar-refractivity contribution is -0.384. The van der Waals surface area contributed by atoms with Crippen LogP contribution in [-0.4, -0.2) is 22.3 Å². The number of benzene rings is 1. The van der Waals surface area contributed by atoms with Gasteiger partial charge in [0, 0.05) is 12.1 Å². The lowest BCUT2D eigenvalue weighted by Crippen LogP contribution is -2.53. The molecule has 7 nitrogen and oxygen atoms in total. The fourth-order valence-electron chi connectivity index (χ4n) is 1.21. The molecule has 8 heteroatoms. The SMILES string of the molecule is CC(C)(NC(=O)c1ccc([N+](=O)[O-])cc1Cl)C(N)=O. The first-order valence-corrected chi connectivity index (χ1v) is 5.59. The Labute approximate surface area is 113 Å². The van der Waals surface area contributed by atoms with Crippen LogP contribution in [0.25, 0.3) is 0 Å². The summed E-state index contributed by atoms with van der Waals surface area (Å²) in [7, 11) is 0. The molecule has 0 atom stereocenters. The van der Waals surface area contributed by atoms with Crippen LogP contribution in [-0.2, 0) is 4.79 Å². The summed E-state index contributed by atoms with van der Waals surface area (Å²) < 4.78 is 0. The molecule has 0 saturated carbocycles. The van der Waals surface area contributed by atoms with Crippen LogP contribution in [0.5, 0.6) is 0 Å². The first-order chi connectivity index (χ1) is 8.65. The molecular formula is C11H12ClN3O4. The number of carbonyl (C=O) groups excluding carboxylic acids is 2. The summed E-state index contributed by atoms with van der Waals surface area (Å²) in [6.45, 7) is 2.87. The second-order valence-corrected chi connectivity index (χ2v) is 4.77. The third-order valence-corrected chi connectivity index (χ3v) is 2.76. The van der Waals surface area contributed by atoms with Crippen molar-refractivity contribution in [2.45, 2.75) is 19.4 Å². The summed E-state index contributed by atoms with van der Waals surface area (Å²) in [5.41, 5.74) is 3.68. The molecule has 1 aromatic carbocycles. The van der Waals surface area contributed by atoms with Crippen molar-refractivity contribution in [3.8, 4) is 0 Å². The highest BCUT2D eigenvalue weighted by Crippen LogP contribution is 2.22. The van der Waals surface area contributed by atoms with Crippen molar-refractivity contribution in [2.75, 3.05) is 0 Å². The molecule has 19 heavy (non-hydrogen) atoms. The minimum atomic E-state index is -1.25. The summed E-state index contributed by atoms with van der Waals surface area (Å²) >= 11 is 5.80. The van der Waals surface area contributed by atoms with Gasteiger partial charge in [0.15, 0.2) is 0 Å². The highest BCUT2D eigenvalue weighted by Gasteiger charge is 2.28. The largest absolute Gasteiger partial charge is 0.368 e. The van der Waals surface area contributed by atoms with Gasteiger partial charge in [-0.25, -0.2) is 0 Å². The van der Waals surface area contributed by atoms with Gasteiger partial charge in [0.25, 0.3) is 11.6 Å². The Bertz CT molecular complexity index is 557. The molecular weight excluding hydrogens is 274 g/mol. The lowest BCUT2D eigenvalue weighted by Gasteiger charge is -2.22. The molecule has 0 aliphatic carbocycles. The van der Waals surface area contributed by atoms with E-state index in [2.05, 4.69) is 5.32 Å². The summed E-state index contributed by atoms with van der Waals surface area (Å²) in [5.74, 6) is -1.34. The van der Waals surface area contributed by atoms with Crippen molar-refractivity contribution in [3.05, 3.63) is 38.9 Å². The van der Waals surface area contributed by atoms with Crippen molar-refractivity contribution in [2.24, 2.45) is 5.73 Å². The molecule has 0 aliphatic heterocycles. The zero-order chi connectivity index (χ0) is 14.8. The molecule has 2 amide bonds. The number of nitrogens with two attached hydrogens (primary N) is 1. The van der Waals surface area contributed by atoms with Crippen molar-refractivity contribution in [3.63, 3.8) is 0 Å². The zero-order valence-corrected chi connectivity index (χ0v) is 11.0. The van der Waals surface area contributed by atoms with Gasteiger partial charge in [-0.15, -0.1) is 0 Å². The summed E-state index contributed by atoms with van der Waals surface area (Å²) in [4.78, 5) is 32.9. The number of nitro benzene ring substituents is 1. The first-order valence-electron chi connectivity index (χ1n) is 5.21. The molecule has 0 radical (unpaired) electrons. The maximum Gasteiger partial charge on any atom is 0.270 e. The normalized spacial score (nSPS) is 10.9. The third kappa shape index (κ3) is 3.41. The number of nitrogens with zero attached hydrogens (tertiary/aromatic N) is 1. The second kappa shape index (κ2) is 5.23. The van der Waals surface area contributed by atoms with Crippen LogP contribution in [0, 0.1) is 10.1 Å². The molecule has 0 saturated heterocycles. The lowest BCUT2D eigenvalue weighted by atomic mass is 10.0. The van der Waals surface area contributed by atoms with E-state index < -0.39 is 22.3 Å². The molecule has 3 N–H and O–H groups in total. The number of hydrogen-bond donors (Lipinski definition) is 2. The van der Waals surface area contributed by atoms with Crippen molar-refractivity contribution in [1.29, 1.82) is 0 Å². The average molecular weight is 286 g/mol. The summed E-state index contributed by atoms with van der Waals surface area (Å²) in [6.07, 6.45) is 0. The third-order valence-electron chi connectivity index (χ3n) is 2.45. The molecule has 0 spiro atoms. The van der Waals surface area contributed by atoms with Crippen LogP contribution in [0.2, 0.25) is 5.02 Å². The van der Waals surface area contributed by atoms with E-state index in [0.29, 0.717) is 0 Å². The number of carbonyl (C=O) groups is 2. The van der Waals surface area contributed by atoms with Crippen LogP contribution < -0.4 is 11.1 Å². The predicted molar refractivity (Wildman–Crippen MR) is 68.8 cm³/mol. The fourth-order valence-corrected chi connectivity index (χ4v) is 1.48. The topological polar surface area (TPSA) is 115 Å². The fraction of sp³-hybridized carbons (Fsp3) is 0.273. The van der Waals surface area contributed by atoms with Gasteiger partial charge in [-0.1, -0.05) is 11.6 Å². The van der Waals surface area contributed by atoms with E-state index in [1.54, 1.807) is 0 Å². The van der Waals surface area contributed by atoms with Gasteiger partial charge < -0.3 is 11.1 Å². The van der Waals surface area contributed by atoms with Gasteiger partial charge in [0.1, 0.15) is 5.54 Å². The molecule has 1 aromatic rings. The Balaban J connectivity index is 3.02. The molecule has 0 unspecified atom stereocenters. The Morgan fingerprint density at radius 1 is 1.42 bits per heavy atom. The Morgan fingerprint density at radius 2 is 2.00 bits per heavy atom. The van der Waals surface area contributed by atoms with E-state index in [-0.39, 0.29) is 16.3 Å². The van der Waals surface area contributed by atoms with Gasteiger partial charge in [0.2, 0.25) is 5.91 Å². The summed E-state index contributed by atoms with van der Waals surface area (Å²) in [5, 5.41) is 12.9. The van der Waals surface area contributed by atoms with Crippen LogP contribution in [0.15, 0.2) is 18.2 Å². The molecule has 102 valence electrons. The van der Waals surface area contributed by atoms with Gasteiger partial charge in [0.05, 0.1) is 15.5 Å². The van der Waals surface area contributed by atoms with Gasteiger partial charge in [-0.3, -0.25) is 19.7 Å². The van der Waals surface area contributed by atoms with E-state index in [9.17, 15) is 19.7 Å². The maximum atomic E-state index is 11.9. The summed E-state index contributed by atoms with van der Waals surface area (Å²) in [6, 6.07) is 3.43. The molecule has 0 aliphatic rings.